The highest BCUT2D eigenvalue weighted by Gasteiger charge is 2.20. The Bertz CT molecular complexity index is 1260. The van der Waals surface area contributed by atoms with Crippen molar-refractivity contribution in [2.24, 2.45) is 0 Å². The van der Waals surface area contributed by atoms with E-state index < -0.39 is 11.3 Å². The van der Waals surface area contributed by atoms with Crippen molar-refractivity contribution in [3.63, 3.8) is 0 Å². The molecule has 0 aliphatic rings. The first-order valence-corrected chi connectivity index (χ1v) is 9.62. The number of hydrogen-bond acceptors (Lipinski definition) is 5. The molecular weight excluding hydrogens is 404 g/mol. The van der Waals surface area contributed by atoms with Crippen LogP contribution in [-0.2, 0) is 4.79 Å². The SMILES string of the molecule is COc1ccccc1-c1coc2cc(OC(=O)C(Cl)c3ccccc3)ccc2c1=O. The van der Waals surface area contributed by atoms with Gasteiger partial charge in [-0.2, -0.15) is 0 Å². The molecule has 3 aromatic carbocycles. The van der Waals surface area contributed by atoms with Crippen molar-refractivity contribution in [2.45, 2.75) is 5.38 Å². The van der Waals surface area contributed by atoms with E-state index in [1.165, 1.54) is 18.4 Å². The molecule has 150 valence electrons. The Morgan fingerprint density at radius 3 is 2.47 bits per heavy atom. The van der Waals surface area contributed by atoms with E-state index in [0.717, 1.165) is 0 Å². The second kappa shape index (κ2) is 8.43. The van der Waals surface area contributed by atoms with Gasteiger partial charge in [0.2, 0.25) is 5.43 Å². The third-order valence-electron chi connectivity index (χ3n) is 4.66. The fourth-order valence-corrected chi connectivity index (χ4v) is 3.34. The van der Waals surface area contributed by atoms with Crippen LogP contribution in [0.15, 0.2) is 88.3 Å². The minimum atomic E-state index is -0.943. The lowest BCUT2D eigenvalue weighted by molar-refractivity contribution is -0.134. The van der Waals surface area contributed by atoms with Crippen LogP contribution in [0.3, 0.4) is 0 Å². The number of halogens is 1. The molecule has 1 atom stereocenters. The zero-order valence-corrected chi connectivity index (χ0v) is 16.8. The Kier molecular flexibility index (Phi) is 5.55. The van der Waals surface area contributed by atoms with Gasteiger partial charge in [-0.05, 0) is 23.8 Å². The van der Waals surface area contributed by atoms with E-state index in [4.69, 9.17) is 25.5 Å². The fourth-order valence-electron chi connectivity index (χ4n) is 3.15. The quantitative estimate of drug-likeness (QED) is 0.247. The van der Waals surface area contributed by atoms with Crippen molar-refractivity contribution in [3.05, 3.63) is 94.8 Å². The van der Waals surface area contributed by atoms with Crippen LogP contribution in [-0.4, -0.2) is 13.1 Å². The monoisotopic (exact) mass is 420 g/mol. The second-order valence-electron chi connectivity index (χ2n) is 6.53. The smallest absolute Gasteiger partial charge is 0.334 e. The van der Waals surface area contributed by atoms with Crippen LogP contribution in [0, 0.1) is 0 Å². The zero-order valence-electron chi connectivity index (χ0n) is 16.0. The first-order chi connectivity index (χ1) is 14.6. The van der Waals surface area contributed by atoms with E-state index >= 15 is 0 Å². The summed E-state index contributed by atoms with van der Waals surface area (Å²) in [6.07, 6.45) is 1.38. The number of methoxy groups -OCH3 is 1. The van der Waals surface area contributed by atoms with Crippen molar-refractivity contribution >= 4 is 28.5 Å². The van der Waals surface area contributed by atoms with E-state index in [0.29, 0.717) is 33.4 Å². The Morgan fingerprint density at radius 2 is 1.70 bits per heavy atom. The summed E-state index contributed by atoms with van der Waals surface area (Å²) in [6.45, 7) is 0. The summed E-state index contributed by atoms with van der Waals surface area (Å²) in [6, 6.07) is 20.7. The molecule has 0 saturated heterocycles. The molecule has 1 unspecified atom stereocenters. The Morgan fingerprint density at radius 1 is 0.967 bits per heavy atom. The standard InChI is InChI=1S/C24H17ClO5/c1-28-20-10-6-5-9-17(20)19-14-29-21-13-16(11-12-18(21)23(19)26)30-24(27)22(25)15-7-3-2-4-8-15/h2-14,22H,1H3. The molecule has 1 heterocycles. The molecular formula is C24H17ClO5. The Labute approximate surface area is 177 Å². The highest BCUT2D eigenvalue weighted by Crippen LogP contribution is 2.30. The Hall–Kier alpha value is -3.57. The molecule has 0 spiro atoms. The molecule has 0 aliphatic heterocycles. The van der Waals surface area contributed by atoms with Crippen LogP contribution in [0.5, 0.6) is 11.5 Å². The van der Waals surface area contributed by atoms with Crippen LogP contribution < -0.4 is 14.9 Å². The number of fused-ring (bicyclic) bond motifs is 1. The Balaban J connectivity index is 1.64. The molecule has 4 rings (SSSR count). The summed E-state index contributed by atoms with van der Waals surface area (Å²) in [5, 5.41) is -0.578. The summed E-state index contributed by atoms with van der Waals surface area (Å²) in [5.74, 6) is 0.196. The van der Waals surface area contributed by atoms with E-state index in [2.05, 4.69) is 0 Å². The lowest BCUT2D eigenvalue weighted by Gasteiger charge is -2.11. The van der Waals surface area contributed by atoms with Crippen molar-refractivity contribution < 1.29 is 18.7 Å². The van der Waals surface area contributed by atoms with E-state index in [-0.39, 0.29) is 11.2 Å². The number of carbonyl (C=O) groups is 1. The van der Waals surface area contributed by atoms with Crippen LogP contribution in [0.4, 0.5) is 0 Å². The zero-order chi connectivity index (χ0) is 21.1. The van der Waals surface area contributed by atoms with Crippen molar-refractivity contribution in [2.75, 3.05) is 7.11 Å². The molecule has 0 fully saturated rings. The molecule has 6 heteroatoms. The molecule has 1 aromatic heterocycles. The molecule has 0 aliphatic carbocycles. The van der Waals surface area contributed by atoms with Crippen molar-refractivity contribution in [1.82, 2.24) is 0 Å². The van der Waals surface area contributed by atoms with E-state index in [9.17, 15) is 9.59 Å². The van der Waals surface area contributed by atoms with Crippen LogP contribution in [0.1, 0.15) is 10.9 Å². The van der Waals surface area contributed by atoms with Gasteiger partial charge in [0.05, 0.1) is 18.1 Å². The number of esters is 1. The topological polar surface area (TPSA) is 65.7 Å². The molecule has 0 amide bonds. The highest BCUT2D eigenvalue weighted by molar-refractivity contribution is 6.30. The van der Waals surface area contributed by atoms with Gasteiger partial charge < -0.3 is 13.9 Å². The normalized spacial score (nSPS) is 11.8. The van der Waals surface area contributed by atoms with Gasteiger partial charge >= 0.3 is 5.97 Å². The van der Waals surface area contributed by atoms with Gasteiger partial charge in [0.15, 0.2) is 5.38 Å². The van der Waals surface area contributed by atoms with Gasteiger partial charge in [0.1, 0.15) is 23.3 Å². The average molecular weight is 421 g/mol. The van der Waals surface area contributed by atoms with Crippen molar-refractivity contribution in [3.8, 4) is 22.6 Å². The average Bonchev–Trinajstić information content (AvgIpc) is 2.79. The lowest BCUT2D eigenvalue weighted by Crippen LogP contribution is -2.14. The summed E-state index contributed by atoms with van der Waals surface area (Å²) in [5.41, 5.74) is 1.75. The van der Waals surface area contributed by atoms with E-state index in [1.54, 1.807) is 49.6 Å². The number of alkyl halides is 1. The number of hydrogen-bond donors (Lipinski definition) is 0. The molecule has 5 nitrogen and oxygen atoms in total. The minimum Gasteiger partial charge on any atom is -0.496 e. The molecule has 0 saturated carbocycles. The lowest BCUT2D eigenvalue weighted by atomic mass is 10.0. The van der Waals surface area contributed by atoms with Gasteiger partial charge in [-0.3, -0.25) is 4.79 Å². The summed E-state index contributed by atoms with van der Waals surface area (Å²) in [7, 11) is 1.54. The molecule has 30 heavy (non-hydrogen) atoms. The second-order valence-corrected chi connectivity index (χ2v) is 6.97. The van der Waals surface area contributed by atoms with Gasteiger partial charge in [0, 0.05) is 11.6 Å². The number of rotatable bonds is 5. The van der Waals surface area contributed by atoms with Crippen molar-refractivity contribution in [1.29, 1.82) is 0 Å². The largest absolute Gasteiger partial charge is 0.496 e. The number of benzene rings is 3. The number of para-hydroxylation sites is 1. The van der Waals surface area contributed by atoms with Crippen LogP contribution in [0.2, 0.25) is 0 Å². The van der Waals surface area contributed by atoms with Gasteiger partial charge in [-0.15, -0.1) is 11.6 Å². The number of carbonyl (C=O) groups excluding carboxylic acids is 1. The molecule has 0 N–H and O–H groups in total. The third kappa shape index (κ3) is 3.80. The fraction of sp³-hybridized carbons (Fsp3) is 0.0833. The minimum absolute atomic E-state index is 0.210. The maximum Gasteiger partial charge on any atom is 0.334 e. The van der Waals surface area contributed by atoms with Gasteiger partial charge in [-0.1, -0.05) is 48.5 Å². The summed E-state index contributed by atoms with van der Waals surface area (Å²) in [4.78, 5) is 25.3. The number of ether oxygens (including phenoxy) is 2. The predicted molar refractivity (Wildman–Crippen MR) is 115 cm³/mol. The molecule has 4 aromatic rings. The molecule has 0 radical (unpaired) electrons. The first-order valence-electron chi connectivity index (χ1n) is 9.18. The predicted octanol–water partition coefficient (Wildman–Crippen LogP) is 5.35. The maximum atomic E-state index is 13.0. The van der Waals surface area contributed by atoms with Gasteiger partial charge in [0.25, 0.3) is 0 Å². The highest BCUT2D eigenvalue weighted by atomic mass is 35.5. The van der Waals surface area contributed by atoms with Crippen LogP contribution >= 0.6 is 11.6 Å². The molecule has 0 bridgehead atoms. The maximum absolute atomic E-state index is 13.0. The summed E-state index contributed by atoms with van der Waals surface area (Å²) >= 11 is 6.21. The summed E-state index contributed by atoms with van der Waals surface area (Å²) < 4.78 is 16.4. The van der Waals surface area contributed by atoms with Crippen LogP contribution in [0.25, 0.3) is 22.1 Å². The van der Waals surface area contributed by atoms with E-state index in [1.807, 2.05) is 18.2 Å². The third-order valence-corrected chi connectivity index (χ3v) is 5.09. The van der Waals surface area contributed by atoms with Gasteiger partial charge in [-0.25, -0.2) is 4.79 Å². The first kappa shape index (κ1) is 19.7.